The fourth-order valence-corrected chi connectivity index (χ4v) is 2.17. The number of hydrogen-bond donors (Lipinski definition) is 0. The van der Waals surface area contributed by atoms with Crippen LogP contribution in [0.2, 0.25) is 0 Å². The second kappa shape index (κ2) is 8.39. The third-order valence-corrected chi connectivity index (χ3v) is 2.85. The van der Waals surface area contributed by atoms with Crippen LogP contribution >= 0.6 is 0 Å². The van der Waals surface area contributed by atoms with Gasteiger partial charge in [0.25, 0.3) is 0 Å². The first kappa shape index (κ1) is 19.6. The number of hydrogen-bond acceptors (Lipinski definition) is 10. The van der Waals surface area contributed by atoms with Crippen LogP contribution in [0.3, 0.4) is 0 Å². The van der Waals surface area contributed by atoms with Gasteiger partial charge in [0.1, 0.15) is 0 Å². The van der Waals surface area contributed by atoms with E-state index in [4.69, 9.17) is 23.7 Å². The van der Waals surface area contributed by atoms with Crippen molar-refractivity contribution in [3.8, 4) is 0 Å². The quantitative estimate of drug-likeness (QED) is 0.356. The first-order valence-corrected chi connectivity index (χ1v) is 6.95. The van der Waals surface area contributed by atoms with Crippen LogP contribution in [0.5, 0.6) is 0 Å². The SMILES string of the molecule is CC(=O)OC1O[C@H](C=O)[C@@H](OC(C)=O)[C@H](OC(C)=O)[C@@H]1OC(C)=O. The molecular formula is C14H18O10. The Kier molecular flexibility index (Phi) is 6.83. The highest BCUT2D eigenvalue weighted by Crippen LogP contribution is 2.28. The zero-order chi connectivity index (χ0) is 18.4. The smallest absolute Gasteiger partial charge is 0.305 e. The van der Waals surface area contributed by atoms with E-state index >= 15 is 0 Å². The number of carbonyl (C=O) groups is 5. The van der Waals surface area contributed by atoms with Crippen LogP contribution in [0.4, 0.5) is 0 Å². The van der Waals surface area contributed by atoms with E-state index in [1.807, 2.05) is 0 Å². The predicted octanol–water partition coefficient (Wildman–Crippen LogP) is -0.732. The number of carbonyl (C=O) groups excluding carboxylic acids is 5. The summed E-state index contributed by atoms with van der Waals surface area (Å²) in [4.78, 5) is 56.4. The summed E-state index contributed by atoms with van der Waals surface area (Å²) >= 11 is 0. The molecule has 1 rings (SSSR count). The van der Waals surface area contributed by atoms with Gasteiger partial charge in [-0.3, -0.25) is 19.2 Å². The van der Waals surface area contributed by atoms with Gasteiger partial charge in [-0.2, -0.15) is 0 Å². The summed E-state index contributed by atoms with van der Waals surface area (Å²) in [6.07, 6.45) is -6.81. The minimum Gasteiger partial charge on any atom is -0.455 e. The highest BCUT2D eigenvalue weighted by molar-refractivity contribution is 5.70. The van der Waals surface area contributed by atoms with Crippen LogP contribution in [0, 0.1) is 0 Å². The van der Waals surface area contributed by atoms with Crippen molar-refractivity contribution in [1.82, 2.24) is 0 Å². The van der Waals surface area contributed by atoms with E-state index in [1.54, 1.807) is 0 Å². The molecule has 1 aliphatic rings. The molecule has 10 nitrogen and oxygen atoms in total. The van der Waals surface area contributed by atoms with Gasteiger partial charge in [-0.15, -0.1) is 0 Å². The van der Waals surface area contributed by atoms with Crippen LogP contribution in [0.25, 0.3) is 0 Å². The van der Waals surface area contributed by atoms with E-state index in [1.165, 1.54) is 0 Å². The minimum atomic E-state index is -1.52. The van der Waals surface area contributed by atoms with E-state index in [-0.39, 0.29) is 0 Å². The van der Waals surface area contributed by atoms with E-state index in [9.17, 15) is 24.0 Å². The van der Waals surface area contributed by atoms with Crippen molar-refractivity contribution in [3.63, 3.8) is 0 Å². The molecule has 1 fully saturated rings. The van der Waals surface area contributed by atoms with E-state index in [2.05, 4.69) is 0 Å². The van der Waals surface area contributed by atoms with Gasteiger partial charge in [-0.05, 0) is 0 Å². The Hall–Kier alpha value is -2.49. The maximum atomic E-state index is 11.4. The van der Waals surface area contributed by atoms with E-state index in [0.717, 1.165) is 27.7 Å². The Balaban J connectivity index is 3.25. The average Bonchev–Trinajstić information content (AvgIpc) is 2.42. The Morgan fingerprint density at radius 1 is 0.708 bits per heavy atom. The highest BCUT2D eigenvalue weighted by atomic mass is 16.7. The van der Waals surface area contributed by atoms with Crippen molar-refractivity contribution in [3.05, 3.63) is 0 Å². The molecule has 1 heterocycles. The summed E-state index contributed by atoms with van der Waals surface area (Å²) in [6.45, 7) is 4.29. The highest BCUT2D eigenvalue weighted by Gasteiger charge is 2.53. The number of esters is 4. The topological polar surface area (TPSA) is 132 Å². The van der Waals surface area contributed by atoms with Crippen LogP contribution in [0.15, 0.2) is 0 Å². The van der Waals surface area contributed by atoms with Gasteiger partial charge in [0, 0.05) is 27.7 Å². The molecule has 0 aromatic carbocycles. The van der Waals surface area contributed by atoms with Crippen molar-refractivity contribution < 1.29 is 47.7 Å². The fourth-order valence-electron chi connectivity index (χ4n) is 2.17. The molecule has 0 aromatic heterocycles. The maximum Gasteiger partial charge on any atom is 0.305 e. The lowest BCUT2D eigenvalue weighted by Gasteiger charge is -2.42. The van der Waals surface area contributed by atoms with Crippen LogP contribution in [-0.2, 0) is 47.7 Å². The molecule has 0 amide bonds. The molecule has 0 bridgehead atoms. The van der Waals surface area contributed by atoms with Gasteiger partial charge in [0.2, 0.25) is 12.4 Å². The first-order valence-electron chi connectivity index (χ1n) is 6.95. The third-order valence-electron chi connectivity index (χ3n) is 2.85. The zero-order valence-electron chi connectivity index (χ0n) is 13.5. The first-order chi connectivity index (χ1) is 11.1. The lowest BCUT2D eigenvalue weighted by atomic mass is 9.98. The predicted molar refractivity (Wildman–Crippen MR) is 73.2 cm³/mol. The molecule has 0 aromatic rings. The van der Waals surface area contributed by atoms with Crippen molar-refractivity contribution in [2.45, 2.75) is 58.4 Å². The Morgan fingerprint density at radius 2 is 1.12 bits per heavy atom. The summed E-state index contributed by atoms with van der Waals surface area (Å²) < 4.78 is 25.1. The summed E-state index contributed by atoms with van der Waals surface area (Å²) in [5.74, 6) is -3.14. The number of aldehydes is 1. The van der Waals surface area contributed by atoms with Gasteiger partial charge in [0.15, 0.2) is 24.6 Å². The summed E-state index contributed by atoms with van der Waals surface area (Å²) in [6, 6.07) is 0. The molecule has 0 aliphatic carbocycles. The Labute approximate surface area is 137 Å². The maximum absolute atomic E-state index is 11.4. The normalized spacial score (nSPS) is 29.1. The van der Waals surface area contributed by atoms with Crippen LogP contribution in [-0.4, -0.2) is 60.9 Å². The van der Waals surface area contributed by atoms with Gasteiger partial charge < -0.3 is 28.5 Å². The molecule has 0 radical (unpaired) electrons. The van der Waals surface area contributed by atoms with Gasteiger partial charge in [0.05, 0.1) is 0 Å². The Morgan fingerprint density at radius 3 is 1.54 bits per heavy atom. The van der Waals surface area contributed by atoms with Crippen molar-refractivity contribution in [2.75, 3.05) is 0 Å². The Bertz CT molecular complexity index is 528. The molecule has 134 valence electrons. The van der Waals surface area contributed by atoms with Crippen molar-refractivity contribution in [1.29, 1.82) is 0 Å². The summed E-state index contributed by atoms with van der Waals surface area (Å²) in [5.41, 5.74) is 0. The lowest BCUT2D eigenvalue weighted by molar-refractivity contribution is -0.288. The second-order valence-corrected chi connectivity index (χ2v) is 4.94. The van der Waals surface area contributed by atoms with Crippen molar-refractivity contribution >= 4 is 30.2 Å². The molecule has 0 saturated carbocycles. The summed E-state index contributed by atoms with van der Waals surface area (Å²) in [7, 11) is 0. The third kappa shape index (κ3) is 5.30. The van der Waals surface area contributed by atoms with Gasteiger partial charge in [-0.1, -0.05) is 0 Å². The van der Waals surface area contributed by atoms with Gasteiger partial charge in [-0.25, -0.2) is 0 Å². The fraction of sp³-hybridized carbons (Fsp3) is 0.643. The van der Waals surface area contributed by atoms with Crippen LogP contribution < -0.4 is 0 Å². The lowest BCUT2D eigenvalue weighted by Crippen LogP contribution is -2.62. The molecule has 0 N–H and O–H groups in total. The molecule has 5 atom stereocenters. The largest absolute Gasteiger partial charge is 0.455 e. The molecule has 1 aliphatic heterocycles. The molecule has 10 heteroatoms. The summed E-state index contributed by atoms with van der Waals surface area (Å²) in [5, 5.41) is 0. The molecule has 1 saturated heterocycles. The molecular weight excluding hydrogens is 328 g/mol. The standard InChI is InChI=1S/C14H18O10/c1-6(16)20-11-10(5-15)24-14(23-9(4)19)13(22-8(3)18)12(11)21-7(2)17/h5,10-14H,1-4H3/t10-,11-,12+,13+,14?/m1/s1. The zero-order valence-corrected chi connectivity index (χ0v) is 13.5. The minimum absolute atomic E-state index is 0.296. The van der Waals surface area contributed by atoms with E-state index < -0.39 is 54.6 Å². The average molecular weight is 346 g/mol. The number of rotatable bonds is 5. The monoisotopic (exact) mass is 346 g/mol. The van der Waals surface area contributed by atoms with Crippen LogP contribution in [0.1, 0.15) is 27.7 Å². The molecule has 0 spiro atoms. The van der Waals surface area contributed by atoms with Crippen molar-refractivity contribution in [2.24, 2.45) is 0 Å². The van der Waals surface area contributed by atoms with E-state index in [0.29, 0.717) is 6.29 Å². The molecule has 1 unspecified atom stereocenters. The number of ether oxygens (including phenoxy) is 5. The van der Waals surface area contributed by atoms with Gasteiger partial charge >= 0.3 is 23.9 Å². The second-order valence-electron chi connectivity index (χ2n) is 4.94. The molecule has 24 heavy (non-hydrogen) atoms.